The van der Waals surface area contributed by atoms with Gasteiger partial charge < -0.3 is 14.2 Å². The van der Waals surface area contributed by atoms with E-state index in [9.17, 15) is 4.79 Å². The summed E-state index contributed by atoms with van der Waals surface area (Å²) in [5.74, 6) is 1.14. The number of aryl methyl sites for hydroxylation is 1. The van der Waals surface area contributed by atoms with Crippen molar-refractivity contribution in [2.24, 2.45) is 0 Å². The van der Waals surface area contributed by atoms with E-state index < -0.39 is 0 Å². The molecule has 0 radical (unpaired) electrons. The minimum Gasteiger partial charge on any atom is -0.485 e. The number of ether oxygens (including phenoxy) is 1. The van der Waals surface area contributed by atoms with Gasteiger partial charge in [0.25, 0.3) is 0 Å². The topological polar surface area (TPSA) is 50.6 Å². The molecule has 0 saturated carbocycles. The van der Waals surface area contributed by atoms with Crippen molar-refractivity contribution in [2.75, 3.05) is 26.2 Å². The molecule has 0 aliphatic carbocycles. The van der Waals surface area contributed by atoms with Gasteiger partial charge in [0.1, 0.15) is 11.4 Å². The molecule has 4 rings (SSSR count). The number of para-hydroxylation sites is 1. The Kier molecular flexibility index (Phi) is 6.53. The Balaban J connectivity index is 1.49. The molecular weight excluding hydrogens is 376 g/mol. The Bertz CT molecular complexity index is 851. The van der Waals surface area contributed by atoms with Gasteiger partial charge in [-0.2, -0.15) is 0 Å². The van der Waals surface area contributed by atoms with Crippen LogP contribution in [0.25, 0.3) is 0 Å². The fourth-order valence-electron chi connectivity index (χ4n) is 4.62. The second kappa shape index (κ2) is 9.47. The molecule has 30 heavy (non-hydrogen) atoms. The zero-order valence-corrected chi connectivity index (χ0v) is 17.7. The molecule has 2 aromatic rings. The lowest BCUT2D eigenvalue weighted by Gasteiger charge is -2.35. The largest absolute Gasteiger partial charge is 0.485 e. The molecule has 1 amide bonds. The minimum absolute atomic E-state index is 0.210. The fourth-order valence-corrected chi connectivity index (χ4v) is 4.62. The molecule has 1 aromatic carbocycles. The molecule has 1 aromatic heterocycles. The highest BCUT2D eigenvalue weighted by Crippen LogP contribution is 2.35. The van der Waals surface area contributed by atoms with Crippen LogP contribution in [-0.4, -0.2) is 57.0 Å². The average Bonchev–Trinajstić information content (AvgIpc) is 3.11. The van der Waals surface area contributed by atoms with Gasteiger partial charge in [-0.25, -0.2) is 4.98 Å². The number of carbonyl (C=O) groups excluding carboxylic acids is 1. The van der Waals surface area contributed by atoms with Crippen LogP contribution in [0.2, 0.25) is 0 Å². The van der Waals surface area contributed by atoms with Crippen LogP contribution >= 0.6 is 0 Å². The van der Waals surface area contributed by atoms with Gasteiger partial charge in [-0.05, 0) is 31.9 Å². The first-order chi connectivity index (χ1) is 14.7. The number of nitrogens with zero attached hydrogens (tertiary/aromatic N) is 4. The summed E-state index contributed by atoms with van der Waals surface area (Å²) in [4.78, 5) is 21.7. The summed E-state index contributed by atoms with van der Waals surface area (Å²) >= 11 is 0. The number of imidazole rings is 1. The van der Waals surface area contributed by atoms with Crippen molar-refractivity contribution >= 4 is 5.91 Å². The van der Waals surface area contributed by atoms with Crippen molar-refractivity contribution < 1.29 is 9.53 Å². The lowest BCUT2D eigenvalue weighted by atomic mass is 9.93. The summed E-state index contributed by atoms with van der Waals surface area (Å²) in [6.45, 7) is 8.91. The van der Waals surface area contributed by atoms with Gasteiger partial charge in [-0.1, -0.05) is 24.3 Å². The van der Waals surface area contributed by atoms with Gasteiger partial charge in [0.05, 0.1) is 12.9 Å². The van der Waals surface area contributed by atoms with Crippen LogP contribution in [0, 0.1) is 0 Å². The Hall–Kier alpha value is -2.60. The number of rotatable bonds is 6. The molecule has 0 bridgehead atoms. The van der Waals surface area contributed by atoms with Crippen LogP contribution in [0.1, 0.15) is 37.7 Å². The van der Waals surface area contributed by atoms with Crippen LogP contribution in [0.5, 0.6) is 5.75 Å². The van der Waals surface area contributed by atoms with E-state index in [2.05, 4.69) is 28.6 Å². The second-order valence-electron chi connectivity index (χ2n) is 8.49. The maximum atomic E-state index is 13.2. The average molecular weight is 409 g/mol. The first-order valence-electron chi connectivity index (χ1n) is 11.0. The third-order valence-electron chi connectivity index (χ3n) is 6.24. The van der Waals surface area contributed by atoms with Crippen molar-refractivity contribution in [3.63, 3.8) is 0 Å². The highest BCUT2D eigenvalue weighted by Gasteiger charge is 2.40. The first-order valence-corrected chi connectivity index (χ1v) is 11.0. The van der Waals surface area contributed by atoms with E-state index in [1.807, 2.05) is 33.9 Å². The molecule has 1 atom stereocenters. The standard InChI is InChI=1S/C24H32N4O2/c1-2-13-26-15-6-10-24(11-16-26)19-28(18-21-7-3-4-8-22(21)30-24)23(29)9-5-14-27-17-12-25-20-27/h2-4,7-8,12,17,20H,1,5-6,9-11,13-16,18-19H2. The van der Waals surface area contributed by atoms with Gasteiger partial charge in [0.15, 0.2) is 0 Å². The summed E-state index contributed by atoms with van der Waals surface area (Å²) < 4.78 is 8.70. The maximum absolute atomic E-state index is 13.2. The summed E-state index contributed by atoms with van der Waals surface area (Å²) in [5, 5.41) is 0. The summed E-state index contributed by atoms with van der Waals surface area (Å²) in [6.07, 6.45) is 11.8. The Morgan fingerprint density at radius 1 is 1.27 bits per heavy atom. The normalized spacial score (nSPS) is 22.1. The highest BCUT2D eigenvalue weighted by atomic mass is 16.5. The van der Waals surface area contributed by atoms with Crippen LogP contribution in [-0.2, 0) is 17.9 Å². The molecule has 3 heterocycles. The zero-order valence-electron chi connectivity index (χ0n) is 17.7. The van der Waals surface area contributed by atoms with E-state index in [1.165, 1.54) is 0 Å². The van der Waals surface area contributed by atoms with Crippen molar-refractivity contribution in [1.29, 1.82) is 0 Å². The number of carbonyl (C=O) groups is 1. The van der Waals surface area contributed by atoms with Gasteiger partial charge in [-0.3, -0.25) is 9.69 Å². The zero-order chi connectivity index (χ0) is 20.8. The summed E-state index contributed by atoms with van der Waals surface area (Å²) in [7, 11) is 0. The molecule has 1 fully saturated rings. The van der Waals surface area contributed by atoms with E-state index in [-0.39, 0.29) is 11.5 Å². The van der Waals surface area contributed by atoms with Crippen molar-refractivity contribution in [3.8, 4) is 5.75 Å². The molecule has 0 N–H and O–H groups in total. The van der Waals surface area contributed by atoms with Crippen LogP contribution < -0.4 is 4.74 Å². The third kappa shape index (κ3) is 4.93. The molecule has 1 spiro atoms. The van der Waals surface area contributed by atoms with Gasteiger partial charge >= 0.3 is 0 Å². The quantitative estimate of drug-likeness (QED) is 0.687. The summed E-state index contributed by atoms with van der Waals surface area (Å²) in [5.41, 5.74) is 0.784. The SMILES string of the molecule is C=CCN1CCCC2(CC1)CN(C(=O)CCCn1ccnc1)Cc1ccccc1O2. The molecule has 1 saturated heterocycles. The molecule has 160 valence electrons. The van der Waals surface area contributed by atoms with Gasteiger partial charge in [-0.15, -0.1) is 6.58 Å². The number of likely N-dealkylation sites (tertiary alicyclic amines) is 1. The number of benzene rings is 1. The monoisotopic (exact) mass is 408 g/mol. The third-order valence-corrected chi connectivity index (χ3v) is 6.24. The van der Waals surface area contributed by atoms with Crippen LogP contribution in [0.4, 0.5) is 0 Å². The smallest absolute Gasteiger partial charge is 0.223 e. The number of aromatic nitrogens is 2. The molecule has 2 aliphatic rings. The number of hydrogen-bond donors (Lipinski definition) is 0. The molecular formula is C24H32N4O2. The number of hydrogen-bond acceptors (Lipinski definition) is 4. The minimum atomic E-state index is -0.317. The van der Waals surface area contributed by atoms with Crippen LogP contribution in [0.15, 0.2) is 55.6 Å². The molecule has 2 aliphatic heterocycles. The predicted molar refractivity (Wildman–Crippen MR) is 117 cm³/mol. The Labute approximate surface area is 179 Å². The lowest BCUT2D eigenvalue weighted by molar-refractivity contribution is -0.134. The molecule has 6 nitrogen and oxygen atoms in total. The fraction of sp³-hybridized carbons (Fsp3) is 0.500. The molecule has 6 heteroatoms. The molecule has 1 unspecified atom stereocenters. The van der Waals surface area contributed by atoms with Crippen molar-refractivity contribution in [1.82, 2.24) is 19.4 Å². The summed E-state index contributed by atoms with van der Waals surface area (Å²) in [6, 6.07) is 8.19. The van der Waals surface area contributed by atoms with E-state index in [1.54, 1.807) is 12.5 Å². The van der Waals surface area contributed by atoms with E-state index in [0.717, 1.165) is 63.2 Å². The van der Waals surface area contributed by atoms with Gasteiger partial charge in [0, 0.05) is 57.0 Å². The lowest BCUT2D eigenvalue weighted by Crippen LogP contribution is -2.48. The van der Waals surface area contributed by atoms with Crippen molar-refractivity contribution in [2.45, 2.75) is 50.8 Å². The highest BCUT2D eigenvalue weighted by molar-refractivity contribution is 5.76. The van der Waals surface area contributed by atoms with E-state index in [4.69, 9.17) is 4.74 Å². The van der Waals surface area contributed by atoms with Crippen LogP contribution in [0.3, 0.4) is 0 Å². The second-order valence-corrected chi connectivity index (χ2v) is 8.49. The number of fused-ring (bicyclic) bond motifs is 1. The Morgan fingerprint density at radius 3 is 3.00 bits per heavy atom. The van der Waals surface area contributed by atoms with Crippen molar-refractivity contribution in [3.05, 3.63) is 61.2 Å². The first kappa shape index (κ1) is 20.7. The van der Waals surface area contributed by atoms with E-state index in [0.29, 0.717) is 19.5 Å². The maximum Gasteiger partial charge on any atom is 0.223 e. The predicted octanol–water partition coefficient (Wildman–Crippen LogP) is 3.50. The number of amides is 1. The van der Waals surface area contributed by atoms with Gasteiger partial charge in [0.2, 0.25) is 5.91 Å². The van der Waals surface area contributed by atoms with E-state index >= 15 is 0 Å². The Morgan fingerprint density at radius 2 is 2.17 bits per heavy atom.